The van der Waals surface area contributed by atoms with Gasteiger partial charge in [-0.3, -0.25) is 19.1 Å². The number of carbonyl (C=O) groups is 1. The number of thioether (sulfide) groups is 1. The van der Waals surface area contributed by atoms with Gasteiger partial charge in [-0.1, -0.05) is 23.8 Å². The third kappa shape index (κ3) is 8.01. The number of allylic oxidation sites excluding steroid dienone is 2. The van der Waals surface area contributed by atoms with E-state index in [1.54, 1.807) is 31.5 Å². The van der Waals surface area contributed by atoms with Crippen LogP contribution < -0.4 is 21.9 Å². The molecule has 0 bridgehead atoms. The van der Waals surface area contributed by atoms with Crippen molar-refractivity contribution in [2.24, 2.45) is 5.73 Å². The molecule has 4 N–H and O–H groups in total. The number of aromatic nitrogens is 3. The lowest BCUT2D eigenvalue weighted by atomic mass is 10.1. The van der Waals surface area contributed by atoms with E-state index in [1.807, 2.05) is 19.9 Å². The van der Waals surface area contributed by atoms with Gasteiger partial charge in [-0.2, -0.15) is 8.78 Å². The van der Waals surface area contributed by atoms with E-state index in [0.717, 1.165) is 15.7 Å². The topological polar surface area (TPSA) is 118 Å². The van der Waals surface area contributed by atoms with Crippen LogP contribution >= 0.6 is 23.4 Å². The van der Waals surface area contributed by atoms with Crippen LogP contribution in [0.15, 0.2) is 58.1 Å². The van der Waals surface area contributed by atoms with Crippen molar-refractivity contribution in [3.8, 4) is 0 Å². The second kappa shape index (κ2) is 12.1. The first kappa shape index (κ1) is 28.6. The summed E-state index contributed by atoms with van der Waals surface area (Å²) in [6.45, 7) is 3.04. The minimum atomic E-state index is -3.26. The highest BCUT2D eigenvalue weighted by Gasteiger charge is 2.37. The van der Waals surface area contributed by atoms with Crippen molar-refractivity contribution in [2.45, 2.75) is 43.3 Å². The molecule has 0 aliphatic carbocycles. The first-order valence-electron chi connectivity index (χ1n) is 11.4. The van der Waals surface area contributed by atoms with Crippen molar-refractivity contribution in [1.82, 2.24) is 24.8 Å². The van der Waals surface area contributed by atoms with E-state index in [-0.39, 0.29) is 28.8 Å². The molecule has 0 saturated carbocycles. The summed E-state index contributed by atoms with van der Waals surface area (Å²) < 4.78 is 30.4. The fourth-order valence-corrected chi connectivity index (χ4v) is 4.54. The van der Waals surface area contributed by atoms with E-state index in [0.29, 0.717) is 18.0 Å². The van der Waals surface area contributed by atoms with Crippen molar-refractivity contribution in [3.63, 3.8) is 0 Å². The standard InChI is InChI=1S/C24H30ClF2N7O2S/c1-23(2,28)15-37-17-7-6-9-29-16(17)11-30-20(35)13-34-19(25)12-31-21(22(34)36)32-14-24(26,27)18-8-4-5-10-33(18)3/h4-9,12H,10-11,13-15,28H2,1-3H3,(H,30,35)(H,31,32). The number of nitrogens with zero attached hydrogens (tertiary/aromatic N) is 4. The number of halogens is 3. The number of carbonyl (C=O) groups excluding carboxylic acids is 1. The van der Waals surface area contributed by atoms with Gasteiger partial charge in [0.25, 0.3) is 5.56 Å². The molecule has 1 amide bonds. The molecule has 0 unspecified atom stereocenters. The summed E-state index contributed by atoms with van der Waals surface area (Å²) >= 11 is 7.63. The lowest BCUT2D eigenvalue weighted by molar-refractivity contribution is -0.121. The molecular weight excluding hydrogens is 524 g/mol. The van der Waals surface area contributed by atoms with Crippen LogP contribution in [0.2, 0.25) is 5.15 Å². The van der Waals surface area contributed by atoms with Crippen molar-refractivity contribution in [3.05, 3.63) is 69.7 Å². The number of pyridine rings is 1. The molecule has 37 heavy (non-hydrogen) atoms. The minimum Gasteiger partial charge on any atom is -0.369 e. The quantitative estimate of drug-likeness (QED) is 0.364. The van der Waals surface area contributed by atoms with Crippen molar-refractivity contribution in [1.29, 1.82) is 0 Å². The maximum absolute atomic E-state index is 14.7. The molecule has 1 aliphatic heterocycles. The molecule has 200 valence electrons. The van der Waals surface area contributed by atoms with Gasteiger partial charge in [-0.05, 0) is 32.1 Å². The van der Waals surface area contributed by atoms with E-state index in [4.69, 9.17) is 17.3 Å². The summed E-state index contributed by atoms with van der Waals surface area (Å²) in [7, 11) is 1.56. The number of hydrogen-bond donors (Lipinski definition) is 3. The van der Waals surface area contributed by atoms with Crippen LogP contribution in [0.3, 0.4) is 0 Å². The molecule has 1 aliphatic rings. The lowest BCUT2D eigenvalue weighted by Crippen LogP contribution is -2.40. The summed E-state index contributed by atoms with van der Waals surface area (Å²) in [6.07, 6.45) is 7.39. The fourth-order valence-electron chi connectivity index (χ4n) is 3.36. The van der Waals surface area contributed by atoms with Gasteiger partial charge in [0.15, 0.2) is 5.82 Å². The van der Waals surface area contributed by atoms with Crippen LogP contribution in [0.4, 0.5) is 14.6 Å². The highest BCUT2D eigenvalue weighted by Crippen LogP contribution is 2.28. The number of nitrogens with one attached hydrogen (secondary N) is 2. The second-order valence-corrected chi connectivity index (χ2v) is 10.6. The molecule has 3 heterocycles. The van der Waals surface area contributed by atoms with Gasteiger partial charge in [-0.25, -0.2) is 4.98 Å². The predicted molar refractivity (Wildman–Crippen MR) is 142 cm³/mol. The molecular formula is C24H30ClF2N7O2S. The SMILES string of the molecule is CN1CC=CC=C1C(F)(F)CNc1ncc(Cl)n(CC(=O)NCc2ncccc2SCC(C)(C)N)c1=O. The molecule has 13 heteroatoms. The summed E-state index contributed by atoms with van der Waals surface area (Å²) in [4.78, 5) is 35.9. The van der Waals surface area contributed by atoms with Crippen LogP contribution in [0.25, 0.3) is 0 Å². The van der Waals surface area contributed by atoms with Gasteiger partial charge in [0.05, 0.1) is 30.7 Å². The van der Waals surface area contributed by atoms with Gasteiger partial charge in [0.2, 0.25) is 5.91 Å². The van der Waals surface area contributed by atoms with Gasteiger partial charge in [0, 0.05) is 36.0 Å². The second-order valence-electron chi connectivity index (χ2n) is 9.24. The molecule has 0 atom stereocenters. The Morgan fingerprint density at radius 1 is 1.32 bits per heavy atom. The van der Waals surface area contributed by atoms with Gasteiger partial charge >= 0.3 is 5.92 Å². The minimum absolute atomic E-state index is 0.100. The van der Waals surface area contributed by atoms with E-state index in [2.05, 4.69) is 20.6 Å². The molecule has 2 aromatic heterocycles. The van der Waals surface area contributed by atoms with Gasteiger partial charge < -0.3 is 21.3 Å². The van der Waals surface area contributed by atoms with Crippen LogP contribution in [-0.2, 0) is 17.9 Å². The summed E-state index contributed by atoms with van der Waals surface area (Å²) in [6, 6.07) is 3.69. The summed E-state index contributed by atoms with van der Waals surface area (Å²) in [5.74, 6) is -3.44. The zero-order chi connectivity index (χ0) is 27.2. The molecule has 9 nitrogen and oxygen atoms in total. The smallest absolute Gasteiger partial charge is 0.304 e. The zero-order valence-electron chi connectivity index (χ0n) is 20.8. The largest absolute Gasteiger partial charge is 0.369 e. The van der Waals surface area contributed by atoms with Gasteiger partial charge in [0.1, 0.15) is 11.7 Å². The molecule has 2 aromatic rings. The first-order chi connectivity index (χ1) is 17.4. The number of nitrogens with two attached hydrogens (primary N) is 1. The van der Waals surface area contributed by atoms with Crippen LogP contribution in [0.1, 0.15) is 19.5 Å². The average Bonchev–Trinajstić information content (AvgIpc) is 2.83. The Bertz CT molecular complexity index is 1240. The number of alkyl halides is 2. The van der Waals surface area contributed by atoms with E-state index in [1.165, 1.54) is 22.7 Å². The Morgan fingerprint density at radius 2 is 2.08 bits per heavy atom. The van der Waals surface area contributed by atoms with E-state index in [9.17, 15) is 18.4 Å². The number of amides is 1. The van der Waals surface area contributed by atoms with Crippen molar-refractivity contribution < 1.29 is 13.6 Å². The molecule has 3 rings (SSSR count). The van der Waals surface area contributed by atoms with Crippen LogP contribution in [0.5, 0.6) is 0 Å². The number of hydrogen-bond acceptors (Lipinski definition) is 8. The first-order valence-corrected chi connectivity index (χ1v) is 12.8. The monoisotopic (exact) mass is 553 g/mol. The number of anilines is 1. The number of likely N-dealkylation sites (N-methyl/N-ethyl adjacent to an activating group) is 1. The molecule has 0 saturated heterocycles. The fraction of sp³-hybridized carbons (Fsp3) is 0.417. The summed E-state index contributed by atoms with van der Waals surface area (Å²) in [5, 5.41) is 5.02. The molecule has 0 spiro atoms. The van der Waals surface area contributed by atoms with Crippen molar-refractivity contribution >= 4 is 35.1 Å². The Kier molecular flexibility index (Phi) is 9.32. The summed E-state index contributed by atoms with van der Waals surface area (Å²) in [5.41, 5.74) is 5.36. The Balaban J connectivity index is 1.65. The third-order valence-electron chi connectivity index (χ3n) is 5.24. The lowest BCUT2D eigenvalue weighted by Gasteiger charge is -2.30. The van der Waals surface area contributed by atoms with Gasteiger partial charge in [-0.15, -0.1) is 11.8 Å². The van der Waals surface area contributed by atoms with E-state index >= 15 is 0 Å². The molecule has 0 fully saturated rings. The Labute approximate surface area is 223 Å². The zero-order valence-corrected chi connectivity index (χ0v) is 22.4. The maximum Gasteiger partial charge on any atom is 0.304 e. The number of rotatable bonds is 11. The average molecular weight is 554 g/mol. The highest BCUT2D eigenvalue weighted by atomic mass is 35.5. The maximum atomic E-state index is 14.7. The van der Waals surface area contributed by atoms with Crippen molar-refractivity contribution in [2.75, 3.05) is 31.2 Å². The van der Waals surface area contributed by atoms with Crippen LogP contribution in [-0.4, -0.2) is 62.7 Å². The molecule has 0 radical (unpaired) electrons. The Hall–Kier alpha value is -2.96. The van der Waals surface area contributed by atoms with Crippen LogP contribution in [0, 0.1) is 0 Å². The Morgan fingerprint density at radius 3 is 2.78 bits per heavy atom. The predicted octanol–water partition coefficient (Wildman–Crippen LogP) is 2.87. The normalized spacial score (nSPS) is 13.9. The van der Waals surface area contributed by atoms with E-state index < -0.39 is 30.5 Å². The third-order valence-corrected chi connectivity index (χ3v) is 7.11. The highest BCUT2D eigenvalue weighted by molar-refractivity contribution is 7.99. The molecule has 0 aromatic carbocycles.